The number of carbonyl (C=O) groups excluding carboxylic acids is 2. The Hall–Kier alpha value is -2.04. The van der Waals surface area contributed by atoms with Gasteiger partial charge in [-0.05, 0) is 45.1 Å². The first-order valence-electron chi connectivity index (χ1n) is 8.85. The van der Waals surface area contributed by atoms with Crippen molar-refractivity contribution in [3.63, 3.8) is 0 Å². The summed E-state index contributed by atoms with van der Waals surface area (Å²) in [5, 5.41) is 3.21. The van der Waals surface area contributed by atoms with Crippen molar-refractivity contribution in [2.45, 2.75) is 51.0 Å². The third-order valence-electron chi connectivity index (χ3n) is 5.14. The van der Waals surface area contributed by atoms with Crippen LogP contribution in [0.2, 0.25) is 0 Å². The van der Waals surface area contributed by atoms with E-state index in [-0.39, 0.29) is 23.5 Å². The summed E-state index contributed by atoms with van der Waals surface area (Å²) in [6.45, 7) is 5.54. The highest BCUT2D eigenvalue weighted by atomic mass is 16.6. The molecule has 1 saturated carbocycles. The molecule has 2 fully saturated rings. The maximum absolute atomic E-state index is 12.8. The maximum atomic E-state index is 12.8. The maximum Gasteiger partial charge on any atom is 0.409 e. The van der Waals surface area contributed by atoms with E-state index in [1.54, 1.807) is 4.90 Å². The van der Waals surface area contributed by atoms with Crippen molar-refractivity contribution in [2.24, 2.45) is 0 Å². The van der Waals surface area contributed by atoms with E-state index < -0.39 is 0 Å². The summed E-state index contributed by atoms with van der Waals surface area (Å²) in [4.78, 5) is 26.2. The van der Waals surface area contributed by atoms with E-state index in [0.717, 1.165) is 31.2 Å². The van der Waals surface area contributed by atoms with Crippen molar-refractivity contribution in [3.05, 3.63) is 35.4 Å². The van der Waals surface area contributed by atoms with Crippen LogP contribution in [0.15, 0.2) is 24.3 Å². The van der Waals surface area contributed by atoms with Crippen molar-refractivity contribution >= 4 is 12.0 Å². The molecule has 1 aromatic carbocycles. The smallest absolute Gasteiger partial charge is 0.409 e. The van der Waals surface area contributed by atoms with Gasteiger partial charge in [-0.15, -0.1) is 0 Å². The lowest BCUT2D eigenvalue weighted by molar-refractivity contribution is -0.124. The Morgan fingerprint density at radius 2 is 1.83 bits per heavy atom. The number of likely N-dealkylation sites (tertiary alicyclic amines) is 1. The van der Waals surface area contributed by atoms with Crippen LogP contribution in [0.5, 0.6) is 0 Å². The lowest BCUT2D eigenvalue weighted by Gasteiger charge is -2.32. The molecule has 1 heterocycles. The van der Waals surface area contributed by atoms with Crippen LogP contribution in [0, 0.1) is 6.92 Å². The summed E-state index contributed by atoms with van der Waals surface area (Å²) in [6, 6.07) is 8.43. The van der Waals surface area contributed by atoms with Crippen LogP contribution in [0.25, 0.3) is 0 Å². The van der Waals surface area contributed by atoms with Crippen LogP contribution in [0.1, 0.15) is 43.7 Å². The Morgan fingerprint density at radius 3 is 2.38 bits per heavy atom. The Kier molecular flexibility index (Phi) is 4.78. The minimum Gasteiger partial charge on any atom is -0.450 e. The fourth-order valence-electron chi connectivity index (χ4n) is 3.39. The van der Waals surface area contributed by atoms with E-state index >= 15 is 0 Å². The molecule has 1 aliphatic carbocycles. The molecule has 0 radical (unpaired) electrons. The number of hydrogen-bond acceptors (Lipinski definition) is 3. The summed E-state index contributed by atoms with van der Waals surface area (Å²) in [5.41, 5.74) is 2.00. The van der Waals surface area contributed by atoms with E-state index in [1.807, 2.05) is 6.92 Å². The van der Waals surface area contributed by atoms with Gasteiger partial charge in [0, 0.05) is 19.1 Å². The minimum atomic E-state index is -0.327. The van der Waals surface area contributed by atoms with Gasteiger partial charge in [0.1, 0.15) is 0 Å². The molecule has 0 bridgehead atoms. The monoisotopic (exact) mass is 330 g/mol. The normalized spacial score (nSPS) is 19.7. The molecule has 130 valence electrons. The molecule has 0 aromatic heterocycles. The molecule has 1 aromatic rings. The number of aryl methyl sites for hydroxylation is 1. The minimum absolute atomic E-state index is 0.140. The van der Waals surface area contributed by atoms with Crippen LogP contribution in [0.3, 0.4) is 0 Å². The topological polar surface area (TPSA) is 58.6 Å². The highest BCUT2D eigenvalue weighted by Gasteiger charge is 2.51. The zero-order valence-corrected chi connectivity index (χ0v) is 14.5. The molecule has 1 saturated heterocycles. The molecule has 0 spiro atoms. The van der Waals surface area contributed by atoms with Crippen molar-refractivity contribution in [3.8, 4) is 0 Å². The zero-order chi connectivity index (χ0) is 17.2. The third kappa shape index (κ3) is 3.40. The second-order valence-electron chi connectivity index (χ2n) is 6.88. The van der Waals surface area contributed by atoms with E-state index in [1.165, 1.54) is 5.56 Å². The van der Waals surface area contributed by atoms with Gasteiger partial charge >= 0.3 is 6.09 Å². The van der Waals surface area contributed by atoms with Gasteiger partial charge in [-0.2, -0.15) is 0 Å². The molecule has 5 nitrogen and oxygen atoms in total. The zero-order valence-electron chi connectivity index (χ0n) is 14.5. The van der Waals surface area contributed by atoms with E-state index in [0.29, 0.717) is 19.7 Å². The number of piperidine rings is 1. The molecule has 24 heavy (non-hydrogen) atoms. The van der Waals surface area contributed by atoms with Crippen molar-refractivity contribution in [1.29, 1.82) is 0 Å². The first-order valence-corrected chi connectivity index (χ1v) is 8.85. The molecule has 0 atom stereocenters. The SMILES string of the molecule is CCOC(=O)N1CCC(NC(=O)C2(c3ccc(C)cc3)CC2)CC1. The summed E-state index contributed by atoms with van der Waals surface area (Å²) in [5.74, 6) is 0.140. The molecule has 1 aliphatic heterocycles. The molecule has 0 unspecified atom stereocenters. The van der Waals surface area contributed by atoms with Gasteiger partial charge < -0.3 is 15.0 Å². The molecule has 5 heteroatoms. The van der Waals surface area contributed by atoms with Crippen LogP contribution < -0.4 is 5.32 Å². The third-order valence-corrected chi connectivity index (χ3v) is 5.14. The van der Waals surface area contributed by atoms with Crippen molar-refractivity contribution in [1.82, 2.24) is 10.2 Å². The standard InChI is InChI=1S/C19H26N2O3/c1-3-24-18(23)21-12-8-16(9-13-21)20-17(22)19(10-11-19)15-6-4-14(2)5-7-15/h4-7,16H,3,8-13H2,1-2H3,(H,20,22). The Bertz CT molecular complexity index is 600. The fraction of sp³-hybridized carbons (Fsp3) is 0.579. The molecular weight excluding hydrogens is 304 g/mol. The number of carbonyl (C=O) groups is 2. The Balaban J connectivity index is 1.55. The largest absolute Gasteiger partial charge is 0.450 e. The van der Waals surface area contributed by atoms with E-state index in [9.17, 15) is 9.59 Å². The summed E-state index contributed by atoms with van der Waals surface area (Å²) >= 11 is 0. The first kappa shape index (κ1) is 16.8. The summed E-state index contributed by atoms with van der Waals surface area (Å²) in [7, 11) is 0. The molecule has 2 amide bonds. The first-order chi connectivity index (χ1) is 11.5. The molecule has 3 rings (SSSR count). The molecule has 2 aliphatic rings. The number of nitrogens with zero attached hydrogens (tertiary/aromatic N) is 1. The lowest BCUT2D eigenvalue weighted by Crippen LogP contribution is -2.49. The van der Waals surface area contributed by atoms with Crippen molar-refractivity contribution in [2.75, 3.05) is 19.7 Å². The van der Waals surface area contributed by atoms with Crippen LogP contribution in [-0.2, 0) is 14.9 Å². The van der Waals surface area contributed by atoms with E-state index in [4.69, 9.17) is 4.74 Å². The number of rotatable bonds is 4. The highest BCUT2D eigenvalue weighted by molar-refractivity contribution is 5.91. The summed E-state index contributed by atoms with van der Waals surface area (Å²) < 4.78 is 5.03. The number of amides is 2. The van der Waals surface area contributed by atoms with Crippen LogP contribution in [-0.4, -0.2) is 42.6 Å². The number of benzene rings is 1. The average molecular weight is 330 g/mol. The lowest BCUT2D eigenvalue weighted by atomic mass is 9.93. The average Bonchev–Trinajstić information content (AvgIpc) is 3.38. The predicted molar refractivity (Wildman–Crippen MR) is 91.9 cm³/mol. The quantitative estimate of drug-likeness (QED) is 0.923. The fourth-order valence-corrected chi connectivity index (χ4v) is 3.39. The Labute approximate surface area is 143 Å². The van der Waals surface area contributed by atoms with Crippen molar-refractivity contribution < 1.29 is 14.3 Å². The van der Waals surface area contributed by atoms with Gasteiger partial charge in [0.2, 0.25) is 5.91 Å². The highest BCUT2D eigenvalue weighted by Crippen LogP contribution is 2.48. The number of nitrogens with one attached hydrogen (secondary N) is 1. The van der Waals surface area contributed by atoms with Gasteiger partial charge in [0.05, 0.1) is 12.0 Å². The van der Waals surface area contributed by atoms with Gasteiger partial charge in [-0.25, -0.2) is 4.79 Å². The predicted octanol–water partition coefficient (Wildman–Crippen LogP) is 2.76. The van der Waals surface area contributed by atoms with Gasteiger partial charge in [0.25, 0.3) is 0 Å². The van der Waals surface area contributed by atoms with Gasteiger partial charge in [-0.1, -0.05) is 29.8 Å². The Morgan fingerprint density at radius 1 is 1.21 bits per heavy atom. The molecule has 1 N–H and O–H groups in total. The van der Waals surface area contributed by atoms with Gasteiger partial charge in [0.15, 0.2) is 0 Å². The van der Waals surface area contributed by atoms with Gasteiger partial charge in [-0.3, -0.25) is 4.79 Å². The van der Waals surface area contributed by atoms with Crippen LogP contribution in [0.4, 0.5) is 4.79 Å². The molecular formula is C19H26N2O3. The number of ether oxygens (including phenoxy) is 1. The van der Waals surface area contributed by atoms with E-state index in [2.05, 4.69) is 36.5 Å². The second-order valence-corrected chi connectivity index (χ2v) is 6.88. The summed E-state index contributed by atoms with van der Waals surface area (Å²) in [6.07, 6.45) is 3.16. The number of hydrogen-bond donors (Lipinski definition) is 1. The van der Waals surface area contributed by atoms with Crippen LogP contribution >= 0.6 is 0 Å². The second kappa shape index (κ2) is 6.83.